The molecule has 0 aromatic rings. The van der Waals surface area contributed by atoms with Crippen molar-refractivity contribution in [3.63, 3.8) is 0 Å². The Labute approximate surface area is 197 Å². The molecule has 2 nitrogen and oxygen atoms in total. The molecule has 0 aromatic carbocycles. The first kappa shape index (κ1) is 30.4. The Kier molecular flexibility index (Phi) is 18.6. The zero-order valence-electron chi connectivity index (χ0n) is 22.2. The van der Waals surface area contributed by atoms with Gasteiger partial charge in [0.2, 0.25) is 0 Å². The van der Waals surface area contributed by atoms with Gasteiger partial charge in [-0.05, 0) is 36.9 Å². The number of carbonyl (C=O) groups excluding carboxylic acids is 1. The number of hydrogen-bond acceptors (Lipinski definition) is 2. The Bertz CT molecular complexity index is 442. The van der Waals surface area contributed by atoms with Crippen LogP contribution in [-0.4, -0.2) is 14.3 Å². The minimum Gasteiger partial charge on any atom is -0.516 e. The number of rotatable bonds is 21. The minimum atomic E-state index is -2.17. The minimum absolute atomic E-state index is 0.117. The Morgan fingerprint density at radius 2 is 1.19 bits per heavy atom. The first-order chi connectivity index (χ1) is 14.9. The molecule has 184 valence electrons. The molecule has 0 aliphatic carbocycles. The molecule has 0 aliphatic heterocycles. The van der Waals surface area contributed by atoms with Crippen molar-refractivity contribution in [1.82, 2.24) is 0 Å². The topological polar surface area (TPSA) is 26.3 Å². The van der Waals surface area contributed by atoms with E-state index in [1.165, 1.54) is 102 Å². The summed E-state index contributed by atoms with van der Waals surface area (Å²) in [6, 6.07) is 3.49. The van der Waals surface area contributed by atoms with Crippen LogP contribution in [0, 0.1) is 11.8 Å². The van der Waals surface area contributed by atoms with Crippen molar-refractivity contribution >= 4 is 14.3 Å². The van der Waals surface area contributed by atoms with E-state index in [2.05, 4.69) is 41.2 Å². The van der Waals surface area contributed by atoms with Gasteiger partial charge < -0.3 is 4.43 Å². The normalized spacial score (nSPS) is 15.3. The summed E-state index contributed by atoms with van der Waals surface area (Å²) in [5, 5.41) is 0. The molecule has 3 heteroatoms. The van der Waals surface area contributed by atoms with Gasteiger partial charge >= 0.3 is 5.97 Å². The van der Waals surface area contributed by atoms with Crippen LogP contribution in [0.1, 0.15) is 131 Å². The average Bonchev–Trinajstić information content (AvgIpc) is 2.76. The Morgan fingerprint density at radius 3 is 1.61 bits per heavy atom. The molecule has 0 bridgehead atoms. The lowest BCUT2D eigenvalue weighted by molar-refractivity contribution is -0.131. The van der Waals surface area contributed by atoms with E-state index in [4.69, 9.17) is 4.43 Å². The van der Waals surface area contributed by atoms with E-state index in [0.29, 0.717) is 17.4 Å². The Morgan fingerprint density at radius 1 is 0.742 bits per heavy atom. The highest BCUT2D eigenvalue weighted by Crippen LogP contribution is 2.38. The van der Waals surface area contributed by atoms with E-state index in [1.807, 2.05) is 6.92 Å². The summed E-state index contributed by atoms with van der Waals surface area (Å²) in [4.78, 5) is 12.8. The largest absolute Gasteiger partial charge is 0.516 e. The van der Waals surface area contributed by atoms with Crippen molar-refractivity contribution in [2.45, 2.75) is 150 Å². The van der Waals surface area contributed by atoms with E-state index in [9.17, 15) is 4.79 Å². The smallest absolute Gasteiger partial charge is 0.319 e. The predicted octanol–water partition coefficient (Wildman–Crippen LogP) is 9.84. The lowest BCUT2D eigenvalue weighted by atomic mass is 10.0. The van der Waals surface area contributed by atoms with Gasteiger partial charge in [-0.25, -0.2) is 4.79 Å². The molecule has 0 radical (unpaired) electrons. The van der Waals surface area contributed by atoms with Crippen LogP contribution in [0.15, 0.2) is 12.2 Å². The standard InChI is InChI=1S/C28H56O2Si/c1-8-13-16-17-18-19-22-31(30-28(29)25(6)7,23-26(11-4)20-14-9-2)24-27(12-5)21-15-10-3/h26-27H,6,8-24H2,1-5,7H3. The summed E-state index contributed by atoms with van der Waals surface area (Å²) >= 11 is 0. The van der Waals surface area contributed by atoms with Gasteiger partial charge in [-0.15, -0.1) is 0 Å². The van der Waals surface area contributed by atoms with Crippen molar-refractivity contribution in [2.75, 3.05) is 0 Å². The highest BCUT2D eigenvalue weighted by molar-refractivity contribution is 6.75. The van der Waals surface area contributed by atoms with Crippen LogP contribution in [-0.2, 0) is 9.22 Å². The van der Waals surface area contributed by atoms with Crippen molar-refractivity contribution in [3.8, 4) is 0 Å². The maximum atomic E-state index is 12.8. The van der Waals surface area contributed by atoms with E-state index >= 15 is 0 Å². The maximum absolute atomic E-state index is 12.8. The second-order valence-electron chi connectivity index (χ2n) is 10.1. The molecule has 2 atom stereocenters. The lowest BCUT2D eigenvalue weighted by Crippen LogP contribution is -2.44. The molecule has 0 saturated carbocycles. The zero-order chi connectivity index (χ0) is 23.5. The molecule has 0 amide bonds. The third-order valence-corrected chi connectivity index (χ3v) is 11.6. The van der Waals surface area contributed by atoms with E-state index < -0.39 is 8.32 Å². The molecule has 0 saturated heterocycles. The molecular formula is C28H56O2Si. The molecule has 31 heavy (non-hydrogen) atoms. The maximum Gasteiger partial charge on any atom is 0.319 e. The van der Waals surface area contributed by atoms with Crippen molar-refractivity contribution in [3.05, 3.63) is 12.2 Å². The summed E-state index contributed by atoms with van der Waals surface area (Å²) < 4.78 is 6.55. The SMILES string of the molecule is C=C(C)C(=O)O[Si](CCCCCCCC)(CC(CC)CCCC)CC(CC)CCCC. The van der Waals surface area contributed by atoms with Gasteiger partial charge in [-0.3, -0.25) is 0 Å². The van der Waals surface area contributed by atoms with E-state index in [1.54, 1.807) is 0 Å². The van der Waals surface area contributed by atoms with Crippen LogP contribution in [0.2, 0.25) is 18.1 Å². The number of hydrogen-bond donors (Lipinski definition) is 0. The van der Waals surface area contributed by atoms with Crippen molar-refractivity contribution in [1.29, 1.82) is 0 Å². The van der Waals surface area contributed by atoms with Gasteiger partial charge in [0.1, 0.15) is 0 Å². The fourth-order valence-electron chi connectivity index (χ4n) is 4.87. The lowest BCUT2D eigenvalue weighted by Gasteiger charge is -2.37. The van der Waals surface area contributed by atoms with Gasteiger partial charge in [0.25, 0.3) is 8.32 Å². The first-order valence-corrected chi connectivity index (χ1v) is 16.3. The summed E-state index contributed by atoms with van der Waals surface area (Å²) in [5.41, 5.74) is 0.572. The molecule has 0 heterocycles. The van der Waals surface area contributed by atoms with Crippen LogP contribution >= 0.6 is 0 Å². The molecule has 0 aliphatic rings. The van der Waals surface area contributed by atoms with Crippen LogP contribution in [0.3, 0.4) is 0 Å². The second kappa shape index (κ2) is 18.9. The highest BCUT2D eigenvalue weighted by Gasteiger charge is 2.41. The summed E-state index contributed by atoms with van der Waals surface area (Å²) in [6.07, 6.45) is 17.9. The third-order valence-electron chi connectivity index (χ3n) is 7.05. The van der Waals surface area contributed by atoms with Gasteiger partial charge in [0.05, 0.1) is 0 Å². The summed E-state index contributed by atoms with van der Waals surface area (Å²) in [7, 11) is -2.17. The molecule has 0 rings (SSSR count). The average molecular weight is 453 g/mol. The van der Waals surface area contributed by atoms with Crippen LogP contribution in [0.4, 0.5) is 0 Å². The number of carbonyl (C=O) groups is 1. The molecule has 0 N–H and O–H groups in total. The van der Waals surface area contributed by atoms with E-state index in [-0.39, 0.29) is 5.97 Å². The molecular weight excluding hydrogens is 396 g/mol. The fourth-order valence-corrected chi connectivity index (χ4v) is 10.3. The molecule has 0 fully saturated rings. The third kappa shape index (κ3) is 14.2. The van der Waals surface area contributed by atoms with Gasteiger partial charge in [0.15, 0.2) is 0 Å². The number of unbranched alkanes of at least 4 members (excludes halogenated alkanes) is 7. The van der Waals surface area contributed by atoms with Gasteiger partial charge in [-0.2, -0.15) is 0 Å². The van der Waals surface area contributed by atoms with Crippen LogP contribution in [0.5, 0.6) is 0 Å². The van der Waals surface area contributed by atoms with E-state index in [0.717, 1.165) is 6.04 Å². The molecule has 2 unspecified atom stereocenters. The van der Waals surface area contributed by atoms with Crippen LogP contribution in [0.25, 0.3) is 0 Å². The summed E-state index contributed by atoms with van der Waals surface area (Å²) in [5.74, 6) is 1.29. The van der Waals surface area contributed by atoms with Crippen molar-refractivity contribution < 1.29 is 9.22 Å². The predicted molar refractivity (Wildman–Crippen MR) is 141 cm³/mol. The van der Waals surface area contributed by atoms with Crippen LogP contribution < -0.4 is 0 Å². The summed E-state index contributed by atoms with van der Waals surface area (Å²) in [6.45, 7) is 17.2. The van der Waals surface area contributed by atoms with Gasteiger partial charge in [0, 0.05) is 5.57 Å². The van der Waals surface area contributed by atoms with Gasteiger partial charge in [-0.1, -0.05) is 131 Å². The Hall–Kier alpha value is -0.573. The quantitative estimate of drug-likeness (QED) is 0.0983. The molecule has 0 aromatic heterocycles. The first-order valence-electron chi connectivity index (χ1n) is 13.8. The highest BCUT2D eigenvalue weighted by atomic mass is 28.4. The monoisotopic (exact) mass is 452 g/mol. The Balaban J connectivity index is 5.58. The van der Waals surface area contributed by atoms with Crippen molar-refractivity contribution in [2.24, 2.45) is 11.8 Å². The second-order valence-corrected chi connectivity index (χ2v) is 14.0. The zero-order valence-corrected chi connectivity index (χ0v) is 23.2. The molecule has 0 spiro atoms. The fraction of sp³-hybridized carbons (Fsp3) is 0.893.